The molecule has 0 fully saturated rings. The number of amides is 1. The zero-order valence-electron chi connectivity index (χ0n) is 14.1. The Hall–Kier alpha value is -3.13. The summed E-state index contributed by atoms with van der Waals surface area (Å²) < 4.78 is 12.2. The summed E-state index contributed by atoms with van der Waals surface area (Å²) in [4.78, 5) is 12.6. The Balaban J connectivity index is 1.84. The van der Waals surface area contributed by atoms with Gasteiger partial charge in [0.1, 0.15) is 6.33 Å². The predicted octanol–water partition coefficient (Wildman–Crippen LogP) is 2.98. The van der Waals surface area contributed by atoms with Crippen LogP contribution in [0.4, 0.5) is 5.69 Å². The first-order valence-electron chi connectivity index (χ1n) is 7.77. The monoisotopic (exact) mass is 373 g/mol. The van der Waals surface area contributed by atoms with E-state index >= 15 is 0 Å². The molecule has 134 valence electrons. The summed E-state index contributed by atoms with van der Waals surface area (Å²) in [6.45, 7) is 2.28. The van der Waals surface area contributed by atoms with Crippen molar-refractivity contribution in [3.05, 3.63) is 53.3 Å². The van der Waals surface area contributed by atoms with Crippen molar-refractivity contribution in [1.82, 2.24) is 20.2 Å². The van der Waals surface area contributed by atoms with Crippen LogP contribution in [0.3, 0.4) is 0 Å². The molecule has 2 aromatic carbocycles. The number of nitrogens with one attached hydrogen (secondary N) is 1. The average Bonchev–Trinajstić information content (AvgIpc) is 3.18. The van der Waals surface area contributed by atoms with E-state index in [1.807, 2.05) is 13.0 Å². The quantitative estimate of drug-likeness (QED) is 0.714. The topological polar surface area (TPSA) is 91.2 Å². The van der Waals surface area contributed by atoms with Crippen molar-refractivity contribution in [2.75, 3.05) is 19.0 Å². The largest absolute Gasteiger partial charge is 0.493 e. The molecule has 0 unspecified atom stereocenters. The Labute approximate surface area is 154 Å². The Bertz CT molecular complexity index is 915. The van der Waals surface area contributed by atoms with E-state index < -0.39 is 0 Å². The van der Waals surface area contributed by atoms with Gasteiger partial charge in [-0.15, -0.1) is 5.10 Å². The van der Waals surface area contributed by atoms with E-state index in [9.17, 15) is 4.79 Å². The number of tetrazole rings is 1. The van der Waals surface area contributed by atoms with Crippen LogP contribution in [0.15, 0.2) is 42.7 Å². The van der Waals surface area contributed by atoms with E-state index in [4.69, 9.17) is 21.1 Å². The standard InChI is InChI=1S/C17H16ClN5O3/c1-3-26-16-14(18)7-11(8-15(16)25-2)17(24)20-12-5-4-6-13(9-12)23-10-19-21-22-23/h4-10H,3H2,1-2H3,(H,20,24). The molecule has 0 aliphatic rings. The van der Waals surface area contributed by atoms with E-state index in [0.717, 1.165) is 5.69 Å². The predicted molar refractivity (Wildman–Crippen MR) is 96.3 cm³/mol. The first kappa shape index (κ1) is 17.7. The van der Waals surface area contributed by atoms with Crippen molar-refractivity contribution >= 4 is 23.2 Å². The number of aromatic nitrogens is 4. The van der Waals surface area contributed by atoms with Gasteiger partial charge in [0.05, 0.1) is 24.4 Å². The molecule has 0 aliphatic heterocycles. The lowest BCUT2D eigenvalue weighted by Crippen LogP contribution is -2.13. The summed E-state index contributed by atoms with van der Waals surface area (Å²) >= 11 is 6.22. The van der Waals surface area contributed by atoms with Gasteiger partial charge in [-0.05, 0) is 47.7 Å². The van der Waals surface area contributed by atoms with Gasteiger partial charge in [0.2, 0.25) is 0 Å². The second-order valence-corrected chi connectivity index (χ2v) is 5.59. The fourth-order valence-corrected chi connectivity index (χ4v) is 2.61. The maximum Gasteiger partial charge on any atom is 0.255 e. The van der Waals surface area contributed by atoms with Gasteiger partial charge in [0, 0.05) is 11.3 Å². The molecule has 8 nitrogen and oxygen atoms in total. The zero-order valence-corrected chi connectivity index (χ0v) is 14.9. The van der Waals surface area contributed by atoms with Crippen LogP contribution in [-0.2, 0) is 0 Å². The molecule has 0 spiro atoms. The van der Waals surface area contributed by atoms with Crippen LogP contribution in [0.5, 0.6) is 11.5 Å². The number of halogens is 1. The molecule has 1 N–H and O–H groups in total. The Kier molecular flexibility index (Phi) is 5.33. The third-order valence-corrected chi connectivity index (χ3v) is 3.78. The number of hydrogen-bond acceptors (Lipinski definition) is 6. The van der Waals surface area contributed by atoms with Gasteiger partial charge >= 0.3 is 0 Å². The van der Waals surface area contributed by atoms with Crippen molar-refractivity contribution in [2.24, 2.45) is 0 Å². The van der Waals surface area contributed by atoms with Crippen LogP contribution in [0, 0.1) is 0 Å². The molecule has 1 amide bonds. The second kappa shape index (κ2) is 7.83. The van der Waals surface area contributed by atoms with E-state index in [-0.39, 0.29) is 5.91 Å². The molecule has 0 saturated heterocycles. The van der Waals surface area contributed by atoms with Crippen molar-refractivity contribution in [3.63, 3.8) is 0 Å². The van der Waals surface area contributed by atoms with Crippen LogP contribution in [0.25, 0.3) is 5.69 Å². The minimum absolute atomic E-state index is 0.304. The third kappa shape index (κ3) is 3.75. The first-order valence-corrected chi connectivity index (χ1v) is 8.15. The Morgan fingerprint density at radius 3 is 2.85 bits per heavy atom. The van der Waals surface area contributed by atoms with Gasteiger partial charge in [0.25, 0.3) is 5.91 Å². The van der Waals surface area contributed by atoms with Crippen LogP contribution in [0.2, 0.25) is 5.02 Å². The smallest absolute Gasteiger partial charge is 0.255 e. The molecule has 0 saturated carbocycles. The summed E-state index contributed by atoms with van der Waals surface area (Å²) in [5.41, 5.74) is 1.66. The number of ether oxygens (including phenoxy) is 2. The lowest BCUT2D eigenvalue weighted by molar-refractivity contribution is 0.102. The molecule has 26 heavy (non-hydrogen) atoms. The van der Waals surface area contributed by atoms with E-state index in [1.165, 1.54) is 24.2 Å². The molecule has 3 rings (SSSR count). The van der Waals surface area contributed by atoms with Gasteiger partial charge in [-0.25, -0.2) is 4.68 Å². The number of hydrogen-bond donors (Lipinski definition) is 1. The van der Waals surface area contributed by atoms with Gasteiger partial charge in [-0.3, -0.25) is 4.79 Å². The second-order valence-electron chi connectivity index (χ2n) is 5.18. The van der Waals surface area contributed by atoms with E-state index in [1.54, 1.807) is 24.3 Å². The molecular formula is C17H16ClN5O3. The van der Waals surface area contributed by atoms with Gasteiger partial charge in [-0.1, -0.05) is 17.7 Å². The number of methoxy groups -OCH3 is 1. The Morgan fingerprint density at radius 1 is 1.31 bits per heavy atom. The number of carbonyl (C=O) groups excluding carboxylic acids is 1. The molecule has 3 aromatic rings. The maximum atomic E-state index is 12.6. The lowest BCUT2D eigenvalue weighted by atomic mass is 10.1. The highest BCUT2D eigenvalue weighted by Gasteiger charge is 2.16. The van der Waals surface area contributed by atoms with E-state index in [2.05, 4.69) is 20.8 Å². The lowest BCUT2D eigenvalue weighted by Gasteiger charge is -2.13. The molecular weight excluding hydrogens is 358 g/mol. The first-order chi connectivity index (χ1) is 12.6. The highest BCUT2D eigenvalue weighted by molar-refractivity contribution is 6.32. The van der Waals surface area contributed by atoms with Crippen LogP contribution in [-0.4, -0.2) is 39.8 Å². The molecule has 1 heterocycles. The van der Waals surface area contributed by atoms with Gasteiger partial charge < -0.3 is 14.8 Å². The van der Waals surface area contributed by atoms with Crippen molar-refractivity contribution < 1.29 is 14.3 Å². The minimum atomic E-state index is -0.331. The number of anilines is 1. The van der Waals surface area contributed by atoms with Crippen LogP contribution < -0.4 is 14.8 Å². The maximum absolute atomic E-state index is 12.6. The van der Waals surface area contributed by atoms with Crippen molar-refractivity contribution in [1.29, 1.82) is 0 Å². The number of benzene rings is 2. The van der Waals surface area contributed by atoms with Crippen LogP contribution >= 0.6 is 11.6 Å². The van der Waals surface area contributed by atoms with E-state index in [0.29, 0.717) is 34.4 Å². The summed E-state index contributed by atoms with van der Waals surface area (Å²) in [5.74, 6) is 0.475. The van der Waals surface area contributed by atoms with Crippen molar-refractivity contribution in [2.45, 2.75) is 6.92 Å². The van der Waals surface area contributed by atoms with Gasteiger partial charge in [-0.2, -0.15) is 0 Å². The highest BCUT2D eigenvalue weighted by atomic mass is 35.5. The molecule has 9 heteroatoms. The summed E-state index contributed by atoms with van der Waals surface area (Å²) in [5, 5.41) is 14.1. The van der Waals surface area contributed by atoms with Crippen LogP contribution in [0.1, 0.15) is 17.3 Å². The zero-order chi connectivity index (χ0) is 18.5. The van der Waals surface area contributed by atoms with Crippen molar-refractivity contribution in [3.8, 4) is 17.2 Å². The SMILES string of the molecule is CCOc1c(Cl)cc(C(=O)Nc2cccc(-n3cnnn3)c2)cc1OC. The fraction of sp³-hybridized carbons (Fsp3) is 0.176. The number of nitrogens with zero attached hydrogens (tertiary/aromatic N) is 4. The summed E-state index contributed by atoms with van der Waals surface area (Å²) in [7, 11) is 1.49. The highest BCUT2D eigenvalue weighted by Crippen LogP contribution is 2.36. The summed E-state index contributed by atoms with van der Waals surface area (Å²) in [6.07, 6.45) is 1.47. The molecule has 0 atom stereocenters. The van der Waals surface area contributed by atoms with Gasteiger partial charge in [0.15, 0.2) is 11.5 Å². The fourth-order valence-electron chi connectivity index (χ4n) is 2.34. The summed E-state index contributed by atoms with van der Waals surface area (Å²) in [6, 6.07) is 10.2. The molecule has 0 radical (unpaired) electrons. The Morgan fingerprint density at radius 2 is 2.15 bits per heavy atom. The minimum Gasteiger partial charge on any atom is -0.493 e. The third-order valence-electron chi connectivity index (χ3n) is 3.50. The molecule has 0 aliphatic carbocycles. The average molecular weight is 374 g/mol. The number of rotatable bonds is 6. The molecule has 0 bridgehead atoms. The normalized spacial score (nSPS) is 10.4. The molecule has 1 aromatic heterocycles. The number of carbonyl (C=O) groups is 1.